The Bertz CT molecular complexity index is 694. The predicted molar refractivity (Wildman–Crippen MR) is 79.2 cm³/mol. The first-order valence-corrected chi connectivity index (χ1v) is 6.89. The maximum Gasteiger partial charge on any atom is 0.211 e. The zero-order valence-electron chi connectivity index (χ0n) is 10.0. The molecular weight excluding hydrogens is 301 g/mol. The van der Waals surface area contributed by atoms with Crippen LogP contribution in [0, 0.1) is 5.82 Å². The van der Waals surface area contributed by atoms with Crippen molar-refractivity contribution < 1.29 is 9.50 Å². The van der Waals surface area contributed by atoms with Crippen LogP contribution in [0.25, 0.3) is 0 Å². The normalized spacial score (nSPS) is 13.2. The van der Waals surface area contributed by atoms with E-state index in [0.717, 1.165) is 5.69 Å². The maximum absolute atomic E-state index is 13.6. The van der Waals surface area contributed by atoms with Crippen molar-refractivity contribution in [2.24, 2.45) is 4.99 Å². The van der Waals surface area contributed by atoms with Gasteiger partial charge in [-0.2, -0.15) is 0 Å². The Balaban J connectivity index is 1.96. The zero-order valence-corrected chi connectivity index (χ0v) is 11.6. The van der Waals surface area contributed by atoms with Crippen molar-refractivity contribution in [1.82, 2.24) is 4.72 Å². The summed E-state index contributed by atoms with van der Waals surface area (Å²) >= 11 is 6.88. The van der Waals surface area contributed by atoms with Crippen molar-refractivity contribution in [3.63, 3.8) is 0 Å². The minimum absolute atomic E-state index is 0.134. The van der Waals surface area contributed by atoms with Crippen LogP contribution in [-0.2, 0) is 0 Å². The second-order valence-electron chi connectivity index (χ2n) is 4.02. The number of para-hydroxylation sites is 1. The van der Waals surface area contributed by atoms with Gasteiger partial charge >= 0.3 is 0 Å². The molecule has 0 saturated heterocycles. The summed E-state index contributed by atoms with van der Waals surface area (Å²) < 4.78 is 16.5. The molecule has 4 nitrogen and oxygen atoms in total. The summed E-state index contributed by atoms with van der Waals surface area (Å²) in [6.45, 7) is 0. The average molecular weight is 310 g/mol. The van der Waals surface area contributed by atoms with Gasteiger partial charge < -0.3 is 10.4 Å². The number of nitrogens with zero attached hydrogens (tertiary/aromatic N) is 1. The van der Waals surface area contributed by atoms with Gasteiger partial charge in [-0.3, -0.25) is 4.72 Å². The van der Waals surface area contributed by atoms with Gasteiger partial charge in [0, 0.05) is 5.69 Å². The molecule has 0 atom stereocenters. The summed E-state index contributed by atoms with van der Waals surface area (Å²) in [7, 11) is 0. The number of fused-ring (bicyclic) bond motifs is 1. The van der Waals surface area contributed by atoms with E-state index in [1.54, 1.807) is 0 Å². The van der Waals surface area contributed by atoms with E-state index in [0.29, 0.717) is 10.9 Å². The fraction of sp³-hybridized carbons (Fsp3) is 0. The zero-order chi connectivity index (χ0) is 14.1. The molecular formula is C13H9ClFN3OS. The minimum Gasteiger partial charge on any atom is -0.503 e. The molecule has 0 radical (unpaired) electrons. The molecule has 0 fully saturated rings. The summed E-state index contributed by atoms with van der Waals surface area (Å²) in [5.41, 5.74) is 0.991. The highest BCUT2D eigenvalue weighted by atomic mass is 35.5. The lowest BCUT2D eigenvalue weighted by Gasteiger charge is -2.19. The number of aliphatic imine (C=N–C) groups is 1. The van der Waals surface area contributed by atoms with Crippen LogP contribution in [0.5, 0.6) is 5.75 Å². The summed E-state index contributed by atoms with van der Waals surface area (Å²) in [4.78, 5) is 4.73. The molecule has 3 N–H and O–H groups in total. The summed E-state index contributed by atoms with van der Waals surface area (Å²) in [6, 6.07) is 10.8. The molecule has 2 aromatic carbocycles. The van der Waals surface area contributed by atoms with Gasteiger partial charge in [0.2, 0.25) is 5.96 Å². The molecule has 0 spiro atoms. The van der Waals surface area contributed by atoms with Crippen molar-refractivity contribution in [3.05, 3.63) is 47.2 Å². The predicted octanol–water partition coefficient (Wildman–Crippen LogP) is 3.89. The average Bonchev–Trinajstić information content (AvgIpc) is 2.47. The Morgan fingerprint density at radius 3 is 2.80 bits per heavy atom. The standard InChI is InChI=1S/C13H9ClFN3OS/c14-8-6-9-11(12(19)10(8)15)17-13(18-20-9)16-7-4-2-1-3-5-7/h1-6,19H,(H2,16,17,18). The van der Waals surface area contributed by atoms with E-state index < -0.39 is 11.6 Å². The second kappa shape index (κ2) is 5.22. The second-order valence-corrected chi connectivity index (χ2v) is 5.28. The minimum atomic E-state index is -0.865. The molecule has 0 unspecified atom stereocenters. The molecule has 1 aliphatic rings. The van der Waals surface area contributed by atoms with Crippen LogP contribution >= 0.6 is 23.5 Å². The Morgan fingerprint density at radius 2 is 2.05 bits per heavy atom. The highest BCUT2D eigenvalue weighted by Gasteiger charge is 2.21. The Labute approximate surface area is 123 Å². The highest BCUT2D eigenvalue weighted by Crippen LogP contribution is 2.43. The van der Waals surface area contributed by atoms with Gasteiger partial charge in [0.05, 0.1) is 9.92 Å². The molecule has 3 rings (SSSR count). The van der Waals surface area contributed by atoms with Gasteiger partial charge in [-0.15, -0.1) is 0 Å². The number of benzene rings is 2. The van der Waals surface area contributed by atoms with Crippen LogP contribution in [-0.4, -0.2) is 11.1 Å². The van der Waals surface area contributed by atoms with E-state index in [2.05, 4.69) is 15.0 Å². The van der Waals surface area contributed by atoms with Gasteiger partial charge in [0.25, 0.3) is 0 Å². The molecule has 0 amide bonds. The quantitative estimate of drug-likeness (QED) is 0.699. The molecule has 20 heavy (non-hydrogen) atoms. The Hall–Kier alpha value is -1.92. The third-order valence-corrected chi connectivity index (χ3v) is 3.75. The Morgan fingerprint density at radius 1 is 1.30 bits per heavy atom. The highest BCUT2D eigenvalue weighted by molar-refractivity contribution is 7.98. The monoisotopic (exact) mass is 309 g/mol. The molecule has 7 heteroatoms. The molecule has 0 bridgehead atoms. The van der Waals surface area contributed by atoms with Gasteiger partial charge in [0.1, 0.15) is 5.69 Å². The van der Waals surface area contributed by atoms with Crippen molar-refractivity contribution in [1.29, 1.82) is 0 Å². The van der Waals surface area contributed by atoms with Crippen molar-refractivity contribution in [3.8, 4) is 5.75 Å². The van der Waals surface area contributed by atoms with Crippen LogP contribution < -0.4 is 10.0 Å². The van der Waals surface area contributed by atoms with Crippen molar-refractivity contribution >= 4 is 40.9 Å². The first-order chi connectivity index (χ1) is 9.65. The number of anilines is 1. The first-order valence-electron chi connectivity index (χ1n) is 5.70. The van der Waals surface area contributed by atoms with Crippen LogP contribution in [0.3, 0.4) is 0 Å². The number of rotatable bonds is 1. The van der Waals surface area contributed by atoms with Gasteiger partial charge in [-0.1, -0.05) is 29.8 Å². The van der Waals surface area contributed by atoms with Crippen molar-refractivity contribution in [2.75, 3.05) is 5.32 Å². The number of phenolic OH excluding ortho intramolecular Hbond substituents is 1. The molecule has 2 aromatic rings. The van der Waals surface area contributed by atoms with Crippen LogP contribution in [0.1, 0.15) is 0 Å². The largest absolute Gasteiger partial charge is 0.503 e. The lowest BCUT2D eigenvalue weighted by molar-refractivity contribution is 0.432. The Kier molecular flexibility index (Phi) is 3.42. The van der Waals surface area contributed by atoms with E-state index >= 15 is 0 Å². The van der Waals surface area contributed by atoms with E-state index in [9.17, 15) is 9.50 Å². The summed E-state index contributed by atoms with van der Waals surface area (Å²) in [5.74, 6) is -1.00. The lowest BCUT2D eigenvalue weighted by atomic mass is 10.3. The third kappa shape index (κ3) is 2.39. The van der Waals surface area contributed by atoms with Gasteiger partial charge in [-0.05, 0) is 30.1 Å². The fourth-order valence-electron chi connectivity index (χ4n) is 1.72. The van der Waals surface area contributed by atoms with E-state index in [-0.39, 0.29) is 10.7 Å². The number of hydrogen-bond acceptors (Lipinski definition) is 5. The number of aromatic hydroxyl groups is 1. The molecule has 0 saturated carbocycles. The number of guanidine groups is 1. The maximum atomic E-state index is 13.6. The smallest absolute Gasteiger partial charge is 0.211 e. The van der Waals surface area contributed by atoms with Crippen molar-refractivity contribution in [2.45, 2.75) is 4.90 Å². The molecule has 0 aromatic heterocycles. The molecule has 102 valence electrons. The number of hydrogen-bond donors (Lipinski definition) is 3. The van der Waals surface area contributed by atoms with Gasteiger partial charge in [0.15, 0.2) is 11.6 Å². The first kappa shape index (κ1) is 13.1. The summed E-state index contributed by atoms with van der Waals surface area (Å²) in [5, 5.41) is 12.7. The van der Waals surface area contributed by atoms with E-state index in [4.69, 9.17) is 11.6 Å². The van der Waals surface area contributed by atoms with E-state index in [1.165, 1.54) is 18.0 Å². The molecule has 0 aliphatic carbocycles. The number of phenols is 1. The van der Waals surface area contributed by atoms with Gasteiger partial charge in [-0.25, -0.2) is 9.38 Å². The van der Waals surface area contributed by atoms with Crippen LogP contribution in [0.15, 0.2) is 46.3 Å². The topological polar surface area (TPSA) is 56.7 Å². The molecule has 1 aliphatic heterocycles. The molecule has 1 heterocycles. The fourth-order valence-corrected chi connectivity index (χ4v) is 2.70. The van der Waals surface area contributed by atoms with E-state index in [1.807, 2.05) is 30.3 Å². The van der Waals surface area contributed by atoms with Crippen LogP contribution in [0.2, 0.25) is 5.02 Å². The van der Waals surface area contributed by atoms with Crippen LogP contribution in [0.4, 0.5) is 15.8 Å². The number of nitrogens with one attached hydrogen (secondary N) is 2. The summed E-state index contributed by atoms with van der Waals surface area (Å²) in [6.07, 6.45) is 0. The SMILES string of the molecule is Oc1c(F)c(Cl)cc2c1N=C(Nc1ccccc1)NS2. The lowest BCUT2D eigenvalue weighted by Crippen LogP contribution is -2.26. The third-order valence-electron chi connectivity index (χ3n) is 2.65. The number of halogens is 2.